The predicted octanol–water partition coefficient (Wildman–Crippen LogP) is 1.40. The van der Waals surface area contributed by atoms with Gasteiger partial charge in [0.25, 0.3) is 0 Å². The van der Waals surface area contributed by atoms with Gasteiger partial charge in [-0.05, 0) is 37.6 Å². The van der Waals surface area contributed by atoms with Crippen molar-refractivity contribution < 1.29 is 9.53 Å². The molecule has 1 atom stereocenters. The smallest absolute Gasteiger partial charge is 0.407 e. The van der Waals surface area contributed by atoms with Crippen LogP contribution in [0.4, 0.5) is 10.5 Å². The van der Waals surface area contributed by atoms with Gasteiger partial charge in [-0.3, -0.25) is 0 Å². The third-order valence-corrected chi connectivity index (χ3v) is 2.33. The molecule has 5 heteroatoms. The van der Waals surface area contributed by atoms with E-state index in [0.29, 0.717) is 25.3 Å². The van der Waals surface area contributed by atoms with Crippen LogP contribution in [0.2, 0.25) is 0 Å². The van der Waals surface area contributed by atoms with Crippen LogP contribution >= 0.6 is 0 Å². The van der Waals surface area contributed by atoms with Crippen LogP contribution in [0.1, 0.15) is 24.9 Å². The standard InChI is InChI=1S/C12H19N3O2/c1-9(10-4-2-5-11(14)8-10)15-12(16)17-7-3-6-13/h2,4-5,8-9H,3,6-7,13-14H2,1H3,(H,15,16)/t9-/m0/s1. The topological polar surface area (TPSA) is 90.4 Å². The molecule has 1 aromatic carbocycles. The van der Waals surface area contributed by atoms with E-state index in [1.165, 1.54) is 0 Å². The Bertz CT molecular complexity index is 369. The van der Waals surface area contributed by atoms with Crippen molar-refractivity contribution in [2.45, 2.75) is 19.4 Å². The monoisotopic (exact) mass is 237 g/mol. The van der Waals surface area contributed by atoms with Crippen LogP contribution in [0.5, 0.6) is 0 Å². The summed E-state index contributed by atoms with van der Waals surface area (Å²) in [5, 5.41) is 2.72. The molecule has 1 rings (SSSR count). The zero-order valence-corrected chi connectivity index (χ0v) is 9.98. The number of carbonyl (C=O) groups excluding carboxylic acids is 1. The Morgan fingerprint density at radius 1 is 1.53 bits per heavy atom. The Morgan fingerprint density at radius 3 is 2.94 bits per heavy atom. The van der Waals surface area contributed by atoms with E-state index in [4.69, 9.17) is 16.2 Å². The molecule has 5 nitrogen and oxygen atoms in total. The maximum Gasteiger partial charge on any atom is 0.407 e. The predicted molar refractivity (Wildman–Crippen MR) is 67.4 cm³/mol. The summed E-state index contributed by atoms with van der Waals surface area (Å²) >= 11 is 0. The van der Waals surface area contributed by atoms with Gasteiger partial charge in [-0.15, -0.1) is 0 Å². The Balaban J connectivity index is 2.43. The average molecular weight is 237 g/mol. The first-order valence-electron chi connectivity index (χ1n) is 5.62. The number of amides is 1. The van der Waals surface area contributed by atoms with Gasteiger partial charge >= 0.3 is 6.09 Å². The number of ether oxygens (including phenoxy) is 1. The molecule has 94 valence electrons. The molecule has 0 radical (unpaired) electrons. The number of hydrogen-bond donors (Lipinski definition) is 3. The highest BCUT2D eigenvalue weighted by Crippen LogP contribution is 2.15. The fourth-order valence-electron chi connectivity index (χ4n) is 1.38. The number of alkyl carbamates (subject to hydrolysis) is 1. The Labute approximate surface area is 101 Å². The second kappa shape index (κ2) is 6.75. The van der Waals surface area contributed by atoms with Gasteiger partial charge in [-0.1, -0.05) is 12.1 Å². The van der Waals surface area contributed by atoms with Crippen molar-refractivity contribution in [1.82, 2.24) is 5.32 Å². The van der Waals surface area contributed by atoms with Crippen LogP contribution in [0.15, 0.2) is 24.3 Å². The highest BCUT2D eigenvalue weighted by atomic mass is 16.5. The molecule has 0 bridgehead atoms. The van der Waals surface area contributed by atoms with Crippen molar-refractivity contribution in [2.75, 3.05) is 18.9 Å². The Hall–Kier alpha value is -1.75. The molecule has 0 spiro atoms. The molecule has 17 heavy (non-hydrogen) atoms. The van der Waals surface area contributed by atoms with Crippen LogP contribution in [-0.2, 0) is 4.74 Å². The number of nitrogens with two attached hydrogens (primary N) is 2. The van der Waals surface area contributed by atoms with Gasteiger partial charge in [0.15, 0.2) is 0 Å². The number of hydrogen-bond acceptors (Lipinski definition) is 4. The molecule has 0 aliphatic rings. The summed E-state index contributed by atoms with van der Waals surface area (Å²) in [7, 11) is 0. The van der Waals surface area contributed by atoms with E-state index >= 15 is 0 Å². The summed E-state index contributed by atoms with van der Waals surface area (Å²) in [6.45, 7) is 2.73. The number of rotatable bonds is 5. The minimum Gasteiger partial charge on any atom is -0.450 e. The van der Waals surface area contributed by atoms with Crippen LogP contribution in [0.25, 0.3) is 0 Å². The number of carbonyl (C=O) groups is 1. The molecule has 1 amide bonds. The normalized spacial score (nSPS) is 11.9. The van der Waals surface area contributed by atoms with Crippen molar-refractivity contribution in [2.24, 2.45) is 5.73 Å². The summed E-state index contributed by atoms with van der Waals surface area (Å²) in [5.41, 5.74) is 12.6. The van der Waals surface area contributed by atoms with Gasteiger partial charge in [0, 0.05) is 5.69 Å². The second-order valence-corrected chi connectivity index (χ2v) is 3.81. The SMILES string of the molecule is C[C@H](NC(=O)OCCCN)c1cccc(N)c1. The zero-order chi connectivity index (χ0) is 12.7. The van der Waals surface area contributed by atoms with Crippen LogP contribution in [0, 0.1) is 0 Å². The molecule has 0 aromatic heterocycles. The molecule has 0 fully saturated rings. The molecule has 0 aliphatic heterocycles. The summed E-state index contributed by atoms with van der Waals surface area (Å²) < 4.78 is 4.94. The molecule has 0 heterocycles. The lowest BCUT2D eigenvalue weighted by atomic mass is 10.1. The molecular formula is C12H19N3O2. The van der Waals surface area contributed by atoms with E-state index < -0.39 is 6.09 Å². The number of nitrogen functional groups attached to an aromatic ring is 1. The number of anilines is 1. The maximum atomic E-state index is 11.4. The second-order valence-electron chi connectivity index (χ2n) is 3.81. The van der Waals surface area contributed by atoms with Crippen molar-refractivity contribution in [3.05, 3.63) is 29.8 Å². The average Bonchev–Trinajstić information content (AvgIpc) is 2.29. The maximum absolute atomic E-state index is 11.4. The molecular weight excluding hydrogens is 218 g/mol. The molecule has 0 saturated heterocycles. The van der Waals surface area contributed by atoms with Crippen LogP contribution in [0.3, 0.4) is 0 Å². The molecule has 0 saturated carbocycles. The van der Waals surface area contributed by atoms with Gasteiger partial charge in [0.1, 0.15) is 0 Å². The Kier molecular flexibility index (Phi) is 5.29. The zero-order valence-electron chi connectivity index (χ0n) is 9.98. The molecule has 5 N–H and O–H groups in total. The first kappa shape index (κ1) is 13.3. The lowest BCUT2D eigenvalue weighted by molar-refractivity contribution is 0.142. The van der Waals surface area contributed by atoms with E-state index in [9.17, 15) is 4.79 Å². The lowest BCUT2D eigenvalue weighted by Gasteiger charge is -2.14. The van der Waals surface area contributed by atoms with Crippen molar-refractivity contribution >= 4 is 11.8 Å². The first-order valence-corrected chi connectivity index (χ1v) is 5.62. The highest BCUT2D eigenvalue weighted by Gasteiger charge is 2.10. The van der Waals surface area contributed by atoms with Crippen molar-refractivity contribution in [3.8, 4) is 0 Å². The van der Waals surface area contributed by atoms with Gasteiger partial charge in [-0.2, -0.15) is 0 Å². The fraction of sp³-hybridized carbons (Fsp3) is 0.417. The minimum atomic E-state index is -0.437. The van der Waals surface area contributed by atoms with Crippen LogP contribution < -0.4 is 16.8 Å². The van der Waals surface area contributed by atoms with Crippen LogP contribution in [-0.4, -0.2) is 19.2 Å². The van der Waals surface area contributed by atoms with Gasteiger partial charge in [0.05, 0.1) is 12.6 Å². The van der Waals surface area contributed by atoms with E-state index in [-0.39, 0.29) is 6.04 Å². The Morgan fingerprint density at radius 2 is 2.29 bits per heavy atom. The number of benzene rings is 1. The van der Waals surface area contributed by atoms with Crippen molar-refractivity contribution in [1.29, 1.82) is 0 Å². The van der Waals surface area contributed by atoms with Gasteiger partial charge < -0.3 is 21.5 Å². The summed E-state index contributed by atoms with van der Waals surface area (Å²) in [4.78, 5) is 11.4. The molecule has 0 unspecified atom stereocenters. The molecule has 0 aliphatic carbocycles. The fourth-order valence-corrected chi connectivity index (χ4v) is 1.38. The van der Waals surface area contributed by atoms with E-state index in [0.717, 1.165) is 5.56 Å². The quantitative estimate of drug-likeness (QED) is 0.533. The van der Waals surface area contributed by atoms with E-state index in [1.807, 2.05) is 25.1 Å². The van der Waals surface area contributed by atoms with E-state index in [1.54, 1.807) is 6.07 Å². The lowest BCUT2D eigenvalue weighted by Crippen LogP contribution is -2.28. The van der Waals surface area contributed by atoms with Crippen molar-refractivity contribution in [3.63, 3.8) is 0 Å². The van der Waals surface area contributed by atoms with Gasteiger partial charge in [-0.25, -0.2) is 4.79 Å². The third kappa shape index (κ3) is 4.74. The molecule has 1 aromatic rings. The van der Waals surface area contributed by atoms with E-state index in [2.05, 4.69) is 5.32 Å². The summed E-state index contributed by atoms with van der Waals surface area (Å²) in [5.74, 6) is 0. The number of nitrogens with one attached hydrogen (secondary N) is 1. The third-order valence-electron chi connectivity index (χ3n) is 2.33. The summed E-state index contributed by atoms with van der Waals surface area (Å²) in [6.07, 6.45) is 0.230. The summed E-state index contributed by atoms with van der Waals surface area (Å²) in [6, 6.07) is 7.24. The largest absolute Gasteiger partial charge is 0.450 e. The first-order chi connectivity index (χ1) is 8.13. The van der Waals surface area contributed by atoms with Gasteiger partial charge in [0.2, 0.25) is 0 Å². The highest BCUT2D eigenvalue weighted by molar-refractivity contribution is 5.67. The minimum absolute atomic E-state index is 0.135.